The van der Waals surface area contributed by atoms with Crippen LogP contribution in [-0.2, 0) is 48.6 Å². The van der Waals surface area contributed by atoms with E-state index < -0.39 is 7.81 Å². The van der Waals surface area contributed by atoms with E-state index >= 15 is 0 Å². The van der Waals surface area contributed by atoms with Crippen molar-refractivity contribution in [3.05, 3.63) is 204 Å². The zero-order valence-corrected chi connectivity index (χ0v) is 32.9. The Balaban J connectivity index is 0.000000188. The molecule has 0 amide bonds. The molecular weight excluding hydrogens is 865 g/mol. The molecule has 6 aromatic rings. The van der Waals surface area contributed by atoms with Gasteiger partial charge in [-0.2, -0.15) is 10.5 Å². The number of nitrogens with zero attached hydrogens (tertiary/aromatic N) is 6. The van der Waals surface area contributed by atoms with Crippen LogP contribution >= 0.6 is 7.81 Å². The Morgan fingerprint density at radius 1 is 0.397 bits per heavy atom. The number of nitriles is 2. The third-order valence-electron chi connectivity index (χ3n) is 8.57. The van der Waals surface area contributed by atoms with E-state index in [1.807, 2.05) is 72.8 Å². The van der Waals surface area contributed by atoms with Gasteiger partial charge in [0.1, 0.15) is 0 Å². The minimum absolute atomic E-state index is 0. The third kappa shape index (κ3) is 13.2. The van der Waals surface area contributed by atoms with Gasteiger partial charge in [0.2, 0.25) is 13.3 Å². The SMILES string of the molecule is F[P-](F)(F)(F)(F)F.N#Cc1cccc(CN2[C]N(Cc3ccccc3)c3ccccc32)c1.N#Cc1cccc(CN2[C]N(Cc3ccccc3)c3ccccc32)c1.[Ag+]. The first-order valence-electron chi connectivity index (χ1n) is 17.5. The van der Waals surface area contributed by atoms with Gasteiger partial charge >= 0.3 is 55.4 Å². The molecule has 2 heterocycles. The number of rotatable bonds is 8. The van der Waals surface area contributed by atoms with E-state index in [0.29, 0.717) is 24.2 Å². The average molecular weight is 900 g/mol. The van der Waals surface area contributed by atoms with Gasteiger partial charge in [0, 0.05) is 26.2 Å². The molecular formula is C44H34AgF6N6P. The minimum atomic E-state index is -10.7. The molecule has 4 radical (unpaired) electrons. The minimum Gasteiger partial charge on any atom is -0.335 e. The van der Waals surface area contributed by atoms with Crippen molar-refractivity contribution in [3.8, 4) is 12.1 Å². The first-order chi connectivity index (χ1) is 27.1. The van der Waals surface area contributed by atoms with Crippen LogP contribution in [0, 0.1) is 36.0 Å². The molecule has 2 aliphatic heterocycles. The van der Waals surface area contributed by atoms with Crippen molar-refractivity contribution in [2.75, 3.05) is 19.6 Å². The summed E-state index contributed by atoms with van der Waals surface area (Å²) in [4.78, 5) is 8.54. The van der Waals surface area contributed by atoms with Gasteiger partial charge < -0.3 is 19.6 Å². The predicted molar refractivity (Wildman–Crippen MR) is 213 cm³/mol. The molecule has 298 valence electrons. The average Bonchev–Trinajstić information content (AvgIpc) is 3.71. The van der Waals surface area contributed by atoms with Gasteiger partial charge in [-0.1, -0.05) is 109 Å². The molecule has 6 nitrogen and oxygen atoms in total. The number of halogens is 6. The number of fused-ring (bicyclic) bond motifs is 2. The van der Waals surface area contributed by atoms with E-state index in [4.69, 9.17) is 10.5 Å². The summed E-state index contributed by atoms with van der Waals surface area (Å²) >= 11 is 0. The van der Waals surface area contributed by atoms with Crippen molar-refractivity contribution in [2.24, 2.45) is 0 Å². The van der Waals surface area contributed by atoms with E-state index in [1.54, 1.807) is 0 Å². The summed E-state index contributed by atoms with van der Waals surface area (Å²) < 4.78 is 59.2. The second-order valence-corrected chi connectivity index (χ2v) is 15.0. The quantitative estimate of drug-likeness (QED) is 0.0862. The fraction of sp³-hybridized carbons (Fsp3) is 0.0909. The summed E-state index contributed by atoms with van der Waals surface area (Å²) in [6.07, 6.45) is 0. The molecule has 8 rings (SSSR count). The summed E-state index contributed by atoms with van der Waals surface area (Å²) in [6, 6.07) is 57.4. The van der Waals surface area contributed by atoms with Gasteiger partial charge in [-0.25, -0.2) is 0 Å². The standard InChI is InChI=1S/2C22H17N3.Ag.F6P/c2*23-14-19-9-6-10-20(13-19)16-25-17-24(15-18-7-2-1-3-8-18)21-11-4-5-12-22(21)25;;1-7(2,3,4,5)6/h2*1-13H,15-16H2;;/q;;+1;-1. The van der Waals surface area contributed by atoms with Crippen LogP contribution in [0.5, 0.6) is 0 Å². The van der Waals surface area contributed by atoms with E-state index in [-0.39, 0.29) is 22.4 Å². The Morgan fingerprint density at radius 3 is 0.948 bits per heavy atom. The maximum atomic E-state index is 9.87. The normalized spacial score (nSPS) is 13.8. The van der Waals surface area contributed by atoms with Gasteiger partial charge in [0.25, 0.3) is 0 Å². The fourth-order valence-corrected chi connectivity index (χ4v) is 6.21. The second-order valence-electron chi connectivity index (χ2n) is 13.1. The number of para-hydroxylation sites is 4. The molecule has 0 atom stereocenters. The zero-order valence-electron chi connectivity index (χ0n) is 30.5. The molecule has 0 bridgehead atoms. The van der Waals surface area contributed by atoms with Crippen LogP contribution in [0.3, 0.4) is 0 Å². The molecule has 0 aromatic heterocycles. The Kier molecular flexibility index (Phi) is 13.3. The van der Waals surface area contributed by atoms with Crippen LogP contribution in [0.1, 0.15) is 33.4 Å². The van der Waals surface area contributed by atoms with Gasteiger partial charge in [-0.3, -0.25) is 0 Å². The van der Waals surface area contributed by atoms with Crippen LogP contribution in [0.15, 0.2) is 158 Å². The van der Waals surface area contributed by atoms with E-state index in [1.165, 1.54) is 11.1 Å². The molecule has 2 aliphatic rings. The molecule has 0 N–H and O–H groups in total. The Bertz CT molecular complexity index is 2230. The first kappa shape index (κ1) is 43.4. The molecule has 6 aromatic carbocycles. The van der Waals surface area contributed by atoms with E-state index in [2.05, 4.69) is 130 Å². The predicted octanol–water partition coefficient (Wildman–Crippen LogP) is 12.5. The van der Waals surface area contributed by atoms with Gasteiger partial charge in [0.15, 0.2) is 0 Å². The number of hydrogen-bond acceptors (Lipinski definition) is 6. The zero-order chi connectivity index (χ0) is 40.5. The molecule has 0 unspecified atom stereocenters. The molecule has 0 saturated carbocycles. The van der Waals surface area contributed by atoms with Crippen molar-refractivity contribution in [1.82, 2.24) is 0 Å². The fourth-order valence-electron chi connectivity index (χ4n) is 6.21. The van der Waals surface area contributed by atoms with Crippen molar-refractivity contribution in [2.45, 2.75) is 26.2 Å². The van der Waals surface area contributed by atoms with Crippen LogP contribution < -0.4 is 19.6 Å². The molecule has 0 fully saturated rings. The molecule has 0 spiro atoms. The molecule has 14 heteroatoms. The maximum absolute atomic E-state index is 10.7. The largest absolute Gasteiger partial charge is 1.00 e. The van der Waals surface area contributed by atoms with Crippen LogP contribution in [0.25, 0.3) is 0 Å². The summed E-state index contributed by atoms with van der Waals surface area (Å²) in [6.45, 7) is 9.90. The monoisotopic (exact) mass is 898 g/mol. The number of benzene rings is 6. The Labute approximate surface area is 349 Å². The summed E-state index contributed by atoms with van der Waals surface area (Å²) in [5.41, 5.74) is 10.7. The Morgan fingerprint density at radius 2 is 0.655 bits per heavy atom. The smallest absolute Gasteiger partial charge is 0.335 e. The topological polar surface area (TPSA) is 60.5 Å². The summed E-state index contributed by atoms with van der Waals surface area (Å²) in [7, 11) is -10.7. The Hall–Kier alpha value is -5.75. The second kappa shape index (κ2) is 17.8. The van der Waals surface area contributed by atoms with Crippen molar-refractivity contribution < 1.29 is 47.6 Å². The third-order valence-corrected chi connectivity index (χ3v) is 8.57. The van der Waals surface area contributed by atoms with E-state index in [0.717, 1.165) is 47.0 Å². The summed E-state index contributed by atoms with van der Waals surface area (Å²) in [5, 5.41) is 18.2. The van der Waals surface area contributed by atoms with Crippen LogP contribution in [0.4, 0.5) is 47.9 Å². The van der Waals surface area contributed by atoms with Gasteiger partial charge in [0.05, 0.1) is 46.0 Å². The van der Waals surface area contributed by atoms with Crippen molar-refractivity contribution in [3.63, 3.8) is 0 Å². The van der Waals surface area contributed by atoms with Crippen molar-refractivity contribution >= 4 is 30.6 Å². The molecule has 0 saturated heterocycles. The van der Waals surface area contributed by atoms with Crippen LogP contribution in [0.2, 0.25) is 0 Å². The molecule has 0 aliphatic carbocycles. The van der Waals surface area contributed by atoms with Gasteiger partial charge in [-0.05, 0) is 70.8 Å². The first-order valence-corrected chi connectivity index (χ1v) is 19.6. The maximum Gasteiger partial charge on any atom is 1.00 e. The van der Waals surface area contributed by atoms with E-state index in [9.17, 15) is 25.2 Å². The van der Waals surface area contributed by atoms with Crippen LogP contribution in [-0.4, -0.2) is 0 Å². The molecule has 58 heavy (non-hydrogen) atoms. The number of hydrogen-bond donors (Lipinski definition) is 0. The number of anilines is 4. The van der Waals surface area contributed by atoms with Gasteiger partial charge in [-0.15, -0.1) is 0 Å². The van der Waals surface area contributed by atoms with Crippen molar-refractivity contribution in [1.29, 1.82) is 10.5 Å². The summed E-state index contributed by atoms with van der Waals surface area (Å²) in [5.74, 6) is 0.